The van der Waals surface area contributed by atoms with E-state index in [4.69, 9.17) is 10.4 Å². The Kier molecular flexibility index (Phi) is 5.81. The van der Waals surface area contributed by atoms with Crippen LogP contribution in [0, 0.1) is 11.3 Å². The van der Waals surface area contributed by atoms with Gasteiger partial charge in [-0.2, -0.15) is 5.26 Å². The summed E-state index contributed by atoms with van der Waals surface area (Å²) < 4.78 is 2.09. The van der Waals surface area contributed by atoms with Crippen LogP contribution in [0.1, 0.15) is 36.1 Å². The third-order valence-corrected chi connectivity index (χ3v) is 4.92. The van der Waals surface area contributed by atoms with Gasteiger partial charge in [0.1, 0.15) is 29.2 Å². The van der Waals surface area contributed by atoms with Crippen LogP contribution in [0.15, 0.2) is 18.2 Å². The molecule has 1 aliphatic rings. The average molecular weight is 355 g/mol. The third kappa shape index (κ3) is 4.00. The van der Waals surface area contributed by atoms with Crippen LogP contribution in [0.4, 0.5) is 5.82 Å². The minimum absolute atomic E-state index is 0.140. The molecule has 0 radical (unpaired) electrons. The summed E-state index contributed by atoms with van der Waals surface area (Å²) in [6, 6.07) is 7.66. The third-order valence-electron chi connectivity index (χ3n) is 4.92. The minimum atomic E-state index is 0.140. The van der Waals surface area contributed by atoms with E-state index in [9.17, 15) is 0 Å². The maximum Gasteiger partial charge on any atom is 0.146 e. The number of anilines is 1. The smallest absolute Gasteiger partial charge is 0.146 e. The molecule has 2 aromatic heterocycles. The first-order chi connectivity index (χ1) is 12.6. The Balaban J connectivity index is 1.63. The number of aliphatic hydroxyl groups excluding tert-OH is 1. The zero-order valence-corrected chi connectivity index (χ0v) is 15.3. The van der Waals surface area contributed by atoms with Crippen LogP contribution in [0.5, 0.6) is 0 Å². The number of hydrogen-bond donors (Lipinski definition) is 1. The van der Waals surface area contributed by atoms with E-state index in [1.165, 1.54) is 0 Å². The summed E-state index contributed by atoms with van der Waals surface area (Å²) in [5, 5.41) is 26.8. The molecule has 0 unspecified atom stereocenters. The van der Waals surface area contributed by atoms with Crippen molar-refractivity contribution in [1.82, 2.24) is 24.6 Å². The maximum absolute atomic E-state index is 9.03. The molecule has 1 saturated heterocycles. The molecule has 0 atom stereocenters. The van der Waals surface area contributed by atoms with Gasteiger partial charge < -0.3 is 14.6 Å². The number of nitriles is 1. The second-order valence-corrected chi connectivity index (χ2v) is 6.75. The molecule has 8 heteroatoms. The van der Waals surface area contributed by atoms with Gasteiger partial charge in [0.15, 0.2) is 0 Å². The summed E-state index contributed by atoms with van der Waals surface area (Å²) in [4.78, 5) is 8.65. The lowest BCUT2D eigenvalue weighted by Crippen LogP contribution is -2.34. The molecule has 0 aliphatic carbocycles. The highest BCUT2D eigenvalue weighted by Crippen LogP contribution is 2.29. The van der Waals surface area contributed by atoms with Crippen LogP contribution in [0.2, 0.25) is 0 Å². The molecular weight excluding hydrogens is 330 g/mol. The molecule has 1 N–H and O–H groups in total. The van der Waals surface area contributed by atoms with Crippen LogP contribution in [0.3, 0.4) is 0 Å². The number of piperidine rings is 1. The highest BCUT2D eigenvalue weighted by Gasteiger charge is 2.26. The number of pyridine rings is 1. The Morgan fingerprint density at radius 1 is 1.31 bits per heavy atom. The molecule has 0 spiro atoms. The second-order valence-electron chi connectivity index (χ2n) is 6.75. The van der Waals surface area contributed by atoms with E-state index >= 15 is 0 Å². The molecule has 0 saturated carbocycles. The van der Waals surface area contributed by atoms with Crippen LogP contribution in [-0.2, 0) is 13.6 Å². The fraction of sp³-hybridized carbons (Fsp3) is 0.556. The van der Waals surface area contributed by atoms with Crippen molar-refractivity contribution >= 4 is 5.82 Å². The summed E-state index contributed by atoms with van der Waals surface area (Å²) in [5.74, 6) is 3.18. The first kappa shape index (κ1) is 18.3. The normalized spacial score (nSPS) is 15.4. The molecule has 3 rings (SSSR count). The van der Waals surface area contributed by atoms with E-state index < -0.39 is 0 Å². The molecule has 1 fully saturated rings. The fourth-order valence-electron chi connectivity index (χ4n) is 3.39. The molecule has 8 nitrogen and oxygen atoms in total. The molecule has 3 heterocycles. The van der Waals surface area contributed by atoms with Crippen molar-refractivity contribution < 1.29 is 5.11 Å². The fourth-order valence-corrected chi connectivity index (χ4v) is 3.39. The SMILES string of the molecule is CN(CCO)Cc1nnc(C2CCN(c3cccc(C#N)n3)CC2)n1C. The van der Waals surface area contributed by atoms with Gasteiger partial charge in [0.05, 0.1) is 13.2 Å². The van der Waals surface area contributed by atoms with E-state index in [-0.39, 0.29) is 6.61 Å². The van der Waals surface area contributed by atoms with Crippen molar-refractivity contribution in [3.05, 3.63) is 35.5 Å². The lowest BCUT2D eigenvalue weighted by atomic mass is 9.96. The van der Waals surface area contributed by atoms with Crippen molar-refractivity contribution in [3.63, 3.8) is 0 Å². The molecule has 1 aliphatic heterocycles. The zero-order chi connectivity index (χ0) is 18.5. The van der Waals surface area contributed by atoms with E-state index in [0.29, 0.717) is 24.7 Å². The first-order valence-electron chi connectivity index (χ1n) is 8.92. The van der Waals surface area contributed by atoms with Crippen molar-refractivity contribution in [3.8, 4) is 6.07 Å². The molecule has 2 aromatic rings. The van der Waals surface area contributed by atoms with Gasteiger partial charge in [0.25, 0.3) is 0 Å². The number of aliphatic hydroxyl groups is 1. The first-order valence-corrected chi connectivity index (χ1v) is 8.92. The van der Waals surface area contributed by atoms with Crippen molar-refractivity contribution in [2.75, 3.05) is 38.2 Å². The molecular formula is C18H25N7O. The Morgan fingerprint density at radius 3 is 2.77 bits per heavy atom. The summed E-state index contributed by atoms with van der Waals surface area (Å²) in [6.45, 7) is 3.21. The van der Waals surface area contributed by atoms with Gasteiger partial charge >= 0.3 is 0 Å². The van der Waals surface area contributed by atoms with Crippen LogP contribution < -0.4 is 4.90 Å². The number of rotatable bonds is 6. The molecule has 138 valence electrons. The second kappa shape index (κ2) is 8.25. The Hall–Kier alpha value is -2.50. The van der Waals surface area contributed by atoms with Gasteiger partial charge in [-0.15, -0.1) is 10.2 Å². The Bertz CT molecular complexity index is 774. The minimum Gasteiger partial charge on any atom is -0.395 e. The summed E-state index contributed by atoms with van der Waals surface area (Å²) >= 11 is 0. The summed E-state index contributed by atoms with van der Waals surface area (Å²) in [5.41, 5.74) is 0.453. The standard InChI is InChI=1S/C18H25N7O/c1-23(10-11-26)13-17-21-22-18(24(17)2)14-6-8-25(9-7-14)16-5-3-4-15(12-19)20-16/h3-5,14,26H,6-11,13H2,1-2H3. The predicted octanol–water partition coefficient (Wildman–Crippen LogP) is 0.890. The average Bonchev–Trinajstić information content (AvgIpc) is 3.02. The van der Waals surface area contributed by atoms with Gasteiger partial charge in [-0.3, -0.25) is 4.90 Å². The Morgan fingerprint density at radius 2 is 2.08 bits per heavy atom. The number of likely N-dealkylation sites (N-methyl/N-ethyl adjacent to an activating group) is 1. The maximum atomic E-state index is 9.03. The predicted molar refractivity (Wildman–Crippen MR) is 97.6 cm³/mol. The van der Waals surface area contributed by atoms with E-state index in [1.54, 1.807) is 6.07 Å². The van der Waals surface area contributed by atoms with Gasteiger partial charge in [-0.05, 0) is 32.0 Å². The van der Waals surface area contributed by atoms with Crippen molar-refractivity contribution in [2.24, 2.45) is 7.05 Å². The van der Waals surface area contributed by atoms with Crippen LogP contribution in [-0.4, -0.2) is 63.0 Å². The number of nitrogens with zero attached hydrogens (tertiary/aromatic N) is 7. The van der Waals surface area contributed by atoms with E-state index in [2.05, 4.69) is 30.7 Å². The molecule has 0 bridgehead atoms. The molecule has 26 heavy (non-hydrogen) atoms. The number of hydrogen-bond acceptors (Lipinski definition) is 7. The topological polar surface area (TPSA) is 94.1 Å². The van der Waals surface area contributed by atoms with Crippen molar-refractivity contribution in [2.45, 2.75) is 25.3 Å². The van der Waals surface area contributed by atoms with Gasteiger partial charge in [-0.25, -0.2) is 4.98 Å². The quantitative estimate of drug-likeness (QED) is 0.822. The summed E-state index contributed by atoms with van der Waals surface area (Å²) in [6.07, 6.45) is 1.97. The largest absolute Gasteiger partial charge is 0.395 e. The Labute approximate surface area is 153 Å². The van der Waals surface area contributed by atoms with Gasteiger partial charge in [-0.1, -0.05) is 6.07 Å². The summed E-state index contributed by atoms with van der Waals surface area (Å²) in [7, 11) is 3.98. The van der Waals surface area contributed by atoms with E-state index in [1.807, 2.05) is 31.1 Å². The van der Waals surface area contributed by atoms with Crippen LogP contribution >= 0.6 is 0 Å². The number of aromatic nitrogens is 4. The lowest BCUT2D eigenvalue weighted by Gasteiger charge is -2.32. The zero-order valence-electron chi connectivity index (χ0n) is 15.3. The lowest BCUT2D eigenvalue weighted by molar-refractivity contribution is 0.213. The van der Waals surface area contributed by atoms with Gasteiger partial charge in [0.2, 0.25) is 0 Å². The molecule has 0 amide bonds. The monoisotopic (exact) mass is 355 g/mol. The molecule has 0 aromatic carbocycles. The van der Waals surface area contributed by atoms with Crippen molar-refractivity contribution in [1.29, 1.82) is 5.26 Å². The van der Waals surface area contributed by atoms with E-state index in [0.717, 1.165) is 43.4 Å². The van der Waals surface area contributed by atoms with Gasteiger partial charge in [0, 0.05) is 32.6 Å². The highest BCUT2D eigenvalue weighted by molar-refractivity contribution is 5.42. The highest BCUT2D eigenvalue weighted by atomic mass is 16.3. The van der Waals surface area contributed by atoms with Crippen LogP contribution in [0.25, 0.3) is 0 Å².